The van der Waals surface area contributed by atoms with Crippen LogP contribution in [0, 0.1) is 19.7 Å². The molecule has 0 aliphatic carbocycles. The van der Waals surface area contributed by atoms with Crippen LogP contribution in [0.15, 0.2) is 24.3 Å². The summed E-state index contributed by atoms with van der Waals surface area (Å²) in [6.45, 7) is 10.3. The molecule has 1 aromatic heterocycles. The average molecular weight is 275 g/mol. The number of anilines is 1. The van der Waals surface area contributed by atoms with Crippen LogP contribution in [-0.2, 0) is 0 Å². The van der Waals surface area contributed by atoms with Gasteiger partial charge in [-0.05, 0) is 52.3 Å². The summed E-state index contributed by atoms with van der Waals surface area (Å²) in [5, 5.41) is 8.00. The molecule has 0 fully saturated rings. The van der Waals surface area contributed by atoms with E-state index in [9.17, 15) is 4.39 Å². The number of hydrogen-bond acceptors (Lipinski definition) is 2. The zero-order chi connectivity index (χ0) is 14.9. The number of hydrogen-bond donors (Lipinski definition) is 1. The van der Waals surface area contributed by atoms with Crippen LogP contribution >= 0.6 is 0 Å². The largest absolute Gasteiger partial charge is 0.376 e. The summed E-state index contributed by atoms with van der Waals surface area (Å²) < 4.78 is 15.3. The fraction of sp³-hybridized carbons (Fsp3) is 0.438. The molecule has 1 atom stereocenters. The standard InChI is InChI=1S/C16H22FN3/c1-10(2)20-13(5)16(12(4)19-20)18-11(3)14-7-6-8-15(17)9-14/h6-11,18H,1-5H3. The topological polar surface area (TPSA) is 29.9 Å². The van der Waals surface area contributed by atoms with Gasteiger partial charge >= 0.3 is 0 Å². The van der Waals surface area contributed by atoms with Gasteiger partial charge in [-0.15, -0.1) is 0 Å². The van der Waals surface area contributed by atoms with E-state index in [1.54, 1.807) is 12.1 Å². The molecule has 108 valence electrons. The van der Waals surface area contributed by atoms with E-state index >= 15 is 0 Å². The number of rotatable bonds is 4. The first-order chi connectivity index (χ1) is 9.40. The Morgan fingerprint density at radius 1 is 1.20 bits per heavy atom. The molecular weight excluding hydrogens is 253 g/mol. The molecule has 1 unspecified atom stereocenters. The van der Waals surface area contributed by atoms with Crippen LogP contribution in [0.2, 0.25) is 0 Å². The molecule has 2 aromatic rings. The zero-order valence-corrected chi connectivity index (χ0v) is 12.7. The Bertz CT molecular complexity index is 602. The SMILES string of the molecule is Cc1nn(C(C)C)c(C)c1NC(C)c1cccc(F)c1. The highest BCUT2D eigenvalue weighted by molar-refractivity contribution is 5.53. The summed E-state index contributed by atoms with van der Waals surface area (Å²) in [5.74, 6) is -0.206. The summed E-state index contributed by atoms with van der Waals surface area (Å²) in [6, 6.07) is 7.05. The Balaban J connectivity index is 2.26. The molecular formula is C16H22FN3. The van der Waals surface area contributed by atoms with Crippen molar-refractivity contribution in [2.75, 3.05) is 5.32 Å². The molecule has 3 nitrogen and oxygen atoms in total. The molecule has 0 aliphatic rings. The van der Waals surface area contributed by atoms with E-state index in [-0.39, 0.29) is 11.9 Å². The predicted molar refractivity (Wildman–Crippen MR) is 80.5 cm³/mol. The van der Waals surface area contributed by atoms with Crippen molar-refractivity contribution in [2.45, 2.75) is 46.7 Å². The molecule has 0 bridgehead atoms. The fourth-order valence-corrected chi connectivity index (χ4v) is 2.45. The fourth-order valence-electron chi connectivity index (χ4n) is 2.45. The van der Waals surface area contributed by atoms with Crippen molar-refractivity contribution in [3.8, 4) is 0 Å². The lowest BCUT2D eigenvalue weighted by atomic mass is 10.1. The van der Waals surface area contributed by atoms with E-state index in [4.69, 9.17) is 0 Å². The molecule has 0 amide bonds. The van der Waals surface area contributed by atoms with Gasteiger partial charge in [0.15, 0.2) is 0 Å². The highest BCUT2D eigenvalue weighted by Gasteiger charge is 2.16. The van der Waals surface area contributed by atoms with Gasteiger partial charge in [0.05, 0.1) is 17.1 Å². The van der Waals surface area contributed by atoms with Crippen molar-refractivity contribution >= 4 is 5.69 Å². The number of halogens is 1. The van der Waals surface area contributed by atoms with Crippen LogP contribution in [0.3, 0.4) is 0 Å². The van der Waals surface area contributed by atoms with E-state index in [0.717, 1.165) is 22.6 Å². The quantitative estimate of drug-likeness (QED) is 0.896. The average Bonchev–Trinajstić information content (AvgIpc) is 2.67. The Morgan fingerprint density at radius 3 is 2.45 bits per heavy atom. The first-order valence-electron chi connectivity index (χ1n) is 6.98. The third-order valence-electron chi connectivity index (χ3n) is 3.52. The van der Waals surface area contributed by atoms with Gasteiger partial charge in [0.2, 0.25) is 0 Å². The van der Waals surface area contributed by atoms with E-state index in [0.29, 0.717) is 6.04 Å². The lowest BCUT2D eigenvalue weighted by molar-refractivity contribution is 0.516. The van der Waals surface area contributed by atoms with Crippen LogP contribution in [0.4, 0.5) is 10.1 Å². The maximum atomic E-state index is 13.3. The minimum absolute atomic E-state index is 0.0351. The van der Waals surface area contributed by atoms with Gasteiger partial charge < -0.3 is 5.32 Å². The van der Waals surface area contributed by atoms with Gasteiger partial charge in [-0.1, -0.05) is 12.1 Å². The van der Waals surface area contributed by atoms with Crippen molar-refractivity contribution in [1.82, 2.24) is 9.78 Å². The Hall–Kier alpha value is -1.84. The zero-order valence-electron chi connectivity index (χ0n) is 12.7. The minimum atomic E-state index is -0.206. The van der Waals surface area contributed by atoms with Gasteiger partial charge in [-0.2, -0.15) is 5.10 Å². The molecule has 0 saturated carbocycles. The Morgan fingerprint density at radius 2 is 1.90 bits per heavy atom. The molecule has 1 aromatic carbocycles. The maximum Gasteiger partial charge on any atom is 0.123 e. The van der Waals surface area contributed by atoms with Crippen molar-refractivity contribution in [2.24, 2.45) is 0 Å². The van der Waals surface area contributed by atoms with E-state index in [1.165, 1.54) is 6.07 Å². The maximum absolute atomic E-state index is 13.3. The summed E-state index contributed by atoms with van der Waals surface area (Å²) in [6.07, 6.45) is 0. The monoisotopic (exact) mass is 275 g/mol. The van der Waals surface area contributed by atoms with Crippen LogP contribution in [-0.4, -0.2) is 9.78 Å². The number of aryl methyl sites for hydroxylation is 1. The van der Waals surface area contributed by atoms with E-state index in [2.05, 4.69) is 31.2 Å². The highest BCUT2D eigenvalue weighted by atomic mass is 19.1. The second-order valence-corrected chi connectivity index (χ2v) is 5.51. The number of benzene rings is 1. The third-order valence-corrected chi connectivity index (χ3v) is 3.52. The second-order valence-electron chi connectivity index (χ2n) is 5.51. The summed E-state index contributed by atoms with van der Waals surface area (Å²) >= 11 is 0. The van der Waals surface area contributed by atoms with Crippen molar-refractivity contribution in [3.05, 3.63) is 47.0 Å². The summed E-state index contributed by atoms with van der Waals surface area (Å²) in [7, 11) is 0. The van der Waals surface area contributed by atoms with Crippen LogP contribution in [0.5, 0.6) is 0 Å². The van der Waals surface area contributed by atoms with Gasteiger partial charge in [0.1, 0.15) is 5.82 Å². The normalized spacial score (nSPS) is 12.8. The predicted octanol–water partition coefficient (Wildman–Crippen LogP) is 4.39. The van der Waals surface area contributed by atoms with Crippen molar-refractivity contribution in [3.63, 3.8) is 0 Å². The van der Waals surface area contributed by atoms with Crippen LogP contribution < -0.4 is 5.32 Å². The highest BCUT2D eigenvalue weighted by Crippen LogP contribution is 2.27. The molecule has 1 N–H and O–H groups in total. The van der Waals surface area contributed by atoms with Gasteiger partial charge in [0, 0.05) is 12.1 Å². The molecule has 1 heterocycles. The minimum Gasteiger partial charge on any atom is -0.376 e. The summed E-state index contributed by atoms with van der Waals surface area (Å²) in [4.78, 5) is 0. The van der Waals surface area contributed by atoms with Crippen molar-refractivity contribution in [1.29, 1.82) is 0 Å². The first kappa shape index (κ1) is 14.6. The molecule has 0 saturated heterocycles. The van der Waals surface area contributed by atoms with Gasteiger partial charge in [-0.3, -0.25) is 4.68 Å². The van der Waals surface area contributed by atoms with Crippen LogP contribution in [0.1, 0.15) is 49.8 Å². The number of nitrogens with one attached hydrogen (secondary N) is 1. The van der Waals surface area contributed by atoms with E-state index in [1.807, 2.05) is 24.6 Å². The Labute approximate surface area is 119 Å². The second kappa shape index (κ2) is 5.65. The molecule has 0 aliphatic heterocycles. The molecule has 20 heavy (non-hydrogen) atoms. The molecule has 0 spiro atoms. The Kier molecular flexibility index (Phi) is 4.12. The first-order valence-corrected chi connectivity index (χ1v) is 6.98. The molecule has 4 heteroatoms. The molecule has 2 rings (SSSR count). The lowest BCUT2D eigenvalue weighted by Crippen LogP contribution is -2.09. The van der Waals surface area contributed by atoms with Gasteiger partial charge in [-0.25, -0.2) is 4.39 Å². The van der Waals surface area contributed by atoms with Crippen LogP contribution in [0.25, 0.3) is 0 Å². The number of aromatic nitrogens is 2. The van der Waals surface area contributed by atoms with Gasteiger partial charge in [0.25, 0.3) is 0 Å². The van der Waals surface area contributed by atoms with Crippen molar-refractivity contribution < 1.29 is 4.39 Å². The summed E-state index contributed by atoms with van der Waals surface area (Å²) in [5.41, 5.74) is 4.05. The smallest absolute Gasteiger partial charge is 0.123 e. The third kappa shape index (κ3) is 2.84. The lowest BCUT2D eigenvalue weighted by Gasteiger charge is -2.16. The van der Waals surface area contributed by atoms with E-state index < -0.39 is 0 Å². The number of nitrogens with zero attached hydrogens (tertiary/aromatic N) is 2. The molecule has 0 radical (unpaired) electrons.